The smallest absolute Gasteiger partial charge is 0.228 e. The van der Waals surface area contributed by atoms with E-state index in [0.29, 0.717) is 11.3 Å². The molecule has 2 atom stereocenters. The normalized spacial score (nSPS) is 17.8. The number of nitrogens with two attached hydrogens (primary N) is 1. The van der Waals surface area contributed by atoms with E-state index in [0.717, 1.165) is 6.26 Å². The van der Waals surface area contributed by atoms with Gasteiger partial charge < -0.3 is 10.8 Å². The molecule has 1 rings (SSSR count). The van der Waals surface area contributed by atoms with Crippen molar-refractivity contribution >= 4 is 43.1 Å². The number of hydrogen-bond donors (Lipinski definition) is 2. The summed E-state index contributed by atoms with van der Waals surface area (Å²) in [6.45, 7) is 0. The molecule has 0 aliphatic rings. The van der Waals surface area contributed by atoms with Crippen LogP contribution in [0.1, 0.15) is 11.7 Å². The SMILES string of the molecule is CS(=O)(=O)C(Cl)(Br)C(O)c1ccc(N)cc1. The molecule has 1 aromatic rings. The van der Waals surface area contributed by atoms with E-state index < -0.39 is 19.1 Å². The highest BCUT2D eigenvalue weighted by atomic mass is 79.9. The van der Waals surface area contributed by atoms with Gasteiger partial charge in [-0.1, -0.05) is 23.7 Å². The molecular formula is C9H11BrClNO3S. The quantitative estimate of drug-likeness (QED) is 0.653. The van der Waals surface area contributed by atoms with Gasteiger partial charge in [-0.25, -0.2) is 8.42 Å². The fourth-order valence-electron chi connectivity index (χ4n) is 1.08. The number of nitrogen functional groups attached to an aromatic ring is 1. The van der Waals surface area contributed by atoms with E-state index >= 15 is 0 Å². The van der Waals surface area contributed by atoms with E-state index in [1.54, 1.807) is 12.1 Å². The number of rotatable bonds is 3. The first-order chi connectivity index (χ1) is 7.16. The Kier molecular flexibility index (Phi) is 3.89. The Labute approximate surface area is 107 Å². The molecule has 0 saturated carbocycles. The Morgan fingerprint density at radius 2 is 1.88 bits per heavy atom. The lowest BCUT2D eigenvalue weighted by molar-refractivity contribution is 0.185. The molecule has 0 bridgehead atoms. The van der Waals surface area contributed by atoms with Gasteiger partial charge in [-0.05, 0) is 33.6 Å². The molecule has 4 nitrogen and oxygen atoms in total. The third kappa shape index (κ3) is 2.68. The molecule has 90 valence electrons. The maximum Gasteiger partial charge on any atom is 0.228 e. The lowest BCUT2D eigenvalue weighted by Crippen LogP contribution is -2.32. The highest BCUT2D eigenvalue weighted by Crippen LogP contribution is 2.42. The van der Waals surface area contributed by atoms with Crippen molar-refractivity contribution in [1.29, 1.82) is 0 Å². The standard InChI is InChI=1S/C9H11BrClNO3S/c1-16(14,15)9(10,11)8(13)6-2-4-7(12)5-3-6/h2-5,8,13H,12H2,1H3. The average Bonchev–Trinajstić information content (AvgIpc) is 2.16. The van der Waals surface area contributed by atoms with E-state index in [-0.39, 0.29) is 0 Å². The van der Waals surface area contributed by atoms with E-state index in [9.17, 15) is 13.5 Å². The molecule has 0 amide bonds. The molecule has 1 aromatic carbocycles. The Hall–Kier alpha value is -0.300. The number of anilines is 1. The summed E-state index contributed by atoms with van der Waals surface area (Å²) < 4.78 is 20.8. The largest absolute Gasteiger partial charge is 0.399 e. The van der Waals surface area contributed by atoms with Gasteiger partial charge >= 0.3 is 0 Å². The molecule has 0 heterocycles. The molecule has 0 spiro atoms. The number of halogens is 2. The average molecular weight is 329 g/mol. The molecule has 7 heteroatoms. The maximum atomic E-state index is 11.4. The third-order valence-corrected chi connectivity index (χ3v) is 6.52. The first-order valence-corrected chi connectivity index (χ1v) is 7.33. The second kappa shape index (κ2) is 4.52. The molecule has 0 aliphatic carbocycles. The molecule has 0 radical (unpaired) electrons. The van der Waals surface area contributed by atoms with Gasteiger partial charge in [0.25, 0.3) is 0 Å². The Morgan fingerprint density at radius 3 is 2.25 bits per heavy atom. The van der Waals surface area contributed by atoms with Crippen molar-refractivity contribution in [3.63, 3.8) is 0 Å². The molecule has 0 saturated heterocycles. The summed E-state index contributed by atoms with van der Waals surface area (Å²) >= 11 is 8.60. The molecule has 0 aliphatic heterocycles. The van der Waals surface area contributed by atoms with E-state index in [2.05, 4.69) is 15.9 Å². The maximum absolute atomic E-state index is 11.4. The summed E-state index contributed by atoms with van der Waals surface area (Å²) in [5.41, 5.74) is 6.36. The number of hydrogen-bond acceptors (Lipinski definition) is 4. The number of benzene rings is 1. The minimum Gasteiger partial charge on any atom is -0.399 e. The lowest BCUT2D eigenvalue weighted by Gasteiger charge is -2.24. The van der Waals surface area contributed by atoms with Crippen molar-refractivity contribution < 1.29 is 13.5 Å². The van der Waals surface area contributed by atoms with Crippen LogP contribution in [0.2, 0.25) is 0 Å². The van der Waals surface area contributed by atoms with Gasteiger partial charge in [-0.3, -0.25) is 0 Å². The summed E-state index contributed by atoms with van der Waals surface area (Å²) in [6.07, 6.45) is -0.445. The summed E-state index contributed by atoms with van der Waals surface area (Å²) in [6, 6.07) is 6.15. The van der Waals surface area contributed by atoms with Crippen molar-refractivity contribution in [2.45, 2.75) is 9.22 Å². The topological polar surface area (TPSA) is 80.4 Å². The van der Waals surface area contributed by atoms with Crippen molar-refractivity contribution in [2.75, 3.05) is 12.0 Å². The number of aliphatic hydroxyl groups excluding tert-OH is 1. The third-order valence-electron chi connectivity index (χ3n) is 2.06. The first-order valence-electron chi connectivity index (χ1n) is 4.27. The van der Waals surface area contributed by atoms with Crippen LogP contribution in [0.15, 0.2) is 24.3 Å². The minimum atomic E-state index is -3.66. The highest BCUT2D eigenvalue weighted by molar-refractivity contribution is 9.12. The predicted octanol–water partition coefficient (Wildman–Crippen LogP) is 1.63. The number of aliphatic hydroxyl groups is 1. The van der Waals surface area contributed by atoms with Gasteiger partial charge in [0.1, 0.15) is 6.10 Å². The number of alkyl halides is 2. The van der Waals surface area contributed by atoms with E-state index in [1.807, 2.05) is 0 Å². The van der Waals surface area contributed by atoms with Crippen LogP contribution in [-0.4, -0.2) is 22.9 Å². The van der Waals surface area contributed by atoms with Gasteiger partial charge in [0.15, 0.2) is 9.84 Å². The van der Waals surface area contributed by atoms with Gasteiger partial charge in [-0.2, -0.15) is 0 Å². The molecular weight excluding hydrogens is 318 g/mol. The van der Waals surface area contributed by atoms with Crippen LogP contribution in [0.3, 0.4) is 0 Å². The van der Waals surface area contributed by atoms with Gasteiger partial charge in [0.05, 0.1) is 0 Å². The van der Waals surface area contributed by atoms with Crippen molar-refractivity contribution in [3.05, 3.63) is 29.8 Å². The summed E-state index contributed by atoms with van der Waals surface area (Å²) in [5.74, 6) is 0. The van der Waals surface area contributed by atoms with Crippen LogP contribution < -0.4 is 5.73 Å². The Bertz CT molecular complexity index is 472. The molecule has 2 unspecified atom stereocenters. The van der Waals surface area contributed by atoms with Crippen molar-refractivity contribution in [3.8, 4) is 0 Å². The summed E-state index contributed by atoms with van der Waals surface area (Å²) in [4.78, 5) is 0. The Morgan fingerprint density at radius 1 is 1.44 bits per heavy atom. The van der Waals surface area contributed by atoms with Crippen LogP contribution in [0, 0.1) is 0 Å². The van der Waals surface area contributed by atoms with Crippen molar-refractivity contribution in [1.82, 2.24) is 0 Å². The monoisotopic (exact) mass is 327 g/mol. The molecule has 0 aromatic heterocycles. The minimum absolute atomic E-state index is 0.367. The molecule has 3 N–H and O–H groups in total. The van der Waals surface area contributed by atoms with Crippen LogP contribution in [0.4, 0.5) is 5.69 Å². The van der Waals surface area contributed by atoms with Crippen molar-refractivity contribution in [2.24, 2.45) is 0 Å². The second-order valence-corrected chi connectivity index (χ2v) is 8.64. The summed E-state index contributed by atoms with van der Waals surface area (Å²) in [5, 5.41) is 9.88. The van der Waals surface area contributed by atoms with Crippen LogP contribution in [0.25, 0.3) is 0 Å². The fraction of sp³-hybridized carbons (Fsp3) is 0.333. The number of sulfone groups is 1. The zero-order valence-corrected chi connectivity index (χ0v) is 11.6. The van der Waals surface area contributed by atoms with E-state index in [1.165, 1.54) is 12.1 Å². The lowest BCUT2D eigenvalue weighted by atomic mass is 10.1. The summed E-state index contributed by atoms with van der Waals surface area (Å²) in [7, 11) is -3.66. The molecule has 16 heavy (non-hydrogen) atoms. The highest BCUT2D eigenvalue weighted by Gasteiger charge is 2.44. The predicted molar refractivity (Wildman–Crippen MR) is 68.2 cm³/mol. The zero-order valence-electron chi connectivity index (χ0n) is 8.39. The Balaban J connectivity index is 3.12. The van der Waals surface area contributed by atoms with Gasteiger partial charge in [-0.15, -0.1) is 0 Å². The second-order valence-electron chi connectivity index (χ2n) is 3.40. The van der Waals surface area contributed by atoms with Crippen LogP contribution in [0.5, 0.6) is 0 Å². The van der Waals surface area contributed by atoms with E-state index in [4.69, 9.17) is 17.3 Å². The fourth-order valence-corrected chi connectivity index (χ4v) is 2.01. The van der Waals surface area contributed by atoms with Gasteiger partial charge in [0.2, 0.25) is 3.12 Å². The molecule has 0 fully saturated rings. The van der Waals surface area contributed by atoms with Crippen LogP contribution in [-0.2, 0) is 9.84 Å². The first kappa shape index (κ1) is 13.8. The van der Waals surface area contributed by atoms with Crippen LogP contribution >= 0.6 is 27.5 Å². The zero-order chi connectivity index (χ0) is 12.6. The van der Waals surface area contributed by atoms with Gasteiger partial charge in [0, 0.05) is 11.9 Å².